The molecular weight excluding hydrogens is 428 g/mol. The number of fused-ring (bicyclic) bond motifs is 2. The summed E-state index contributed by atoms with van der Waals surface area (Å²) in [4.78, 5) is 13.3. The minimum Gasteiger partial charge on any atom is -0.508 e. The van der Waals surface area contributed by atoms with Gasteiger partial charge in [0.2, 0.25) is 0 Å². The first kappa shape index (κ1) is 21.6. The maximum Gasteiger partial charge on any atom is 0.170 e. The minimum absolute atomic E-state index is 0.0805. The fraction of sp³-hybridized carbons (Fsp3) is 0.138. The van der Waals surface area contributed by atoms with Gasteiger partial charge in [0.1, 0.15) is 34.3 Å². The second-order valence-corrected chi connectivity index (χ2v) is 8.46. The van der Waals surface area contributed by atoms with E-state index >= 15 is 0 Å². The van der Waals surface area contributed by atoms with Crippen LogP contribution in [0, 0.1) is 0 Å². The smallest absolute Gasteiger partial charge is 0.170 e. The maximum atomic E-state index is 13.3. The van der Waals surface area contributed by atoms with E-state index in [9.17, 15) is 20.1 Å². The Kier molecular flexibility index (Phi) is 5.68. The summed E-state index contributed by atoms with van der Waals surface area (Å²) >= 11 is 0. The van der Waals surface area contributed by atoms with E-state index in [1.54, 1.807) is 24.3 Å². The zero-order valence-electron chi connectivity index (χ0n) is 18.5. The first-order valence-corrected chi connectivity index (χ1v) is 11.2. The van der Waals surface area contributed by atoms with Crippen molar-refractivity contribution >= 4 is 5.78 Å². The van der Waals surface area contributed by atoms with Crippen LogP contribution in [0.1, 0.15) is 44.6 Å². The van der Waals surface area contributed by atoms with Crippen LogP contribution in [0.2, 0.25) is 0 Å². The number of carbonyl (C=O) groups is 1. The van der Waals surface area contributed by atoms with Crippen molar-refractivity contribution in [3.63, 3.8) is 0 Å². The highest BCUT2D eigenvalue weighted by Gasteiger charge is 2.31. The molecule has 0 aliphatic carbocycles. The van der Waals surface area contributed by atoms with Crippen LogP contribution in [-0.2, 0) is 19.3 Å². The maximum absolute atomic E-state index is 13.3. The summed E-state index contributed by atoms with van der Waals surface area (Å²) in [6, 6.07) is 23.9. The van der Waals surface area contributed by atoms with Crippen LogP contribution >= 0.6 is 0 Å². The lowest BCUT2D eigenvalue weighted by molar-refractivity contribution is 0.0977. The quantitative estimate of drug-likeness (QED) is 0.279. The average Bonchev–Trinajstić information content (AvgIpc) is 2.86. The van der Waals surface area contributed by atoms with Crippen LogP contribution in [-0.4, -0.2) is 21.1 Å². The van der Waals surface area contributed by atoms with Crippen molar-refractivity contribution in [3.05, 3.63) is 112 Å². The Bertz CT molecular complexity index is 1380. The predicted molar refractivity (Wildman–Crippen MR) is 129 cm³/mol. The number of carbonyl (C=O) groups excluding carboxylic acids is 1. The molecule has 0 bridgehead atoms. The summed E-state index contributed by atoms with van der Waals surface area (Å²) in [7, 11) is 0. The van der Waals surface area contributed by atoms with Crippen LogP contribution in [0.25, 0.3) is 0 Å². The number of para-hydroxylation sites is 2. The van der Waals surface area contributed by atoms with Gasteiger partial charge >= 0.3 is 0 Å². The lowest BCUT2D eigenvalue weighted by Gasteiger charge is -2.26. The standard InChI is InChI=1S/C29H24O5/c30-23-12-6-4-10-19(23)16-21-27(32)26(24(31)15-14-18-8-2-1-3-9-18)28(33)22-17-20-11-5-7-13-25(20)34-29(21)22/h1-13,30,32-33H,14-17H2. The van der Waals surface area contributed by atoms with E-state index in [1.165, 1.54) is 0 Å². The number of Topliss-reactive ketones (excluding diaryl/α,β-unsaturated/α-hetero) is 1. The Morgan fingerprint density at radius 2 is 1.53 bits per heavy atom. The molecule has 5 nitrogen and oxygen atoms in total. The third-order valence-corrected chi connectivity index (χ3v) is 6.27. The zero-order chi connectivity index (χ0) is 23.7. The van der Waals surface area contributed by atoms with Crippen molar-refractivity contribution in [2.24, 2.45) is 0 Å². The van der Waals surface area contributed by atoms with Crippen LogP contribution in [0.3, 0.4) is 0 Å². The molecule has 3 N–H and O–H groups in total. The van der Waals surface area contributed by atoms with E-state index in [2.05, 4.69) is 0 Å². The van der Waals surface area contributed by atoms with Gasteiger partial charge in [0.15, 0.2) is 5.78 Å². The number of rotatable bonds is 6. The molecule has 1 aliphatic rings. The summed E-state index contributed by atoms with van der Waals surface area (Å²) in [6.07, 6.45) is 1.13. The largest absolute Gasteiger partial charge is 0.508 e. The van der Waals surface area contributed by atoms with Gasteiger partial charge in [0, 0.05) is 30.4 Å². The van der Waals surface area contributed by atoms with Gasteiger partial charge in [-0.2, -0.15) is 0 Å². The molecule has 1 heterocycles. The average molecular weight is 453 g/mol. The Labute approximate surface area is 197 Å². The molecule has 34 heavy (non-hydrogen) atoms. The molecular formula is C29H24O5. The SMILES string of the molecule is O=C(CCc1ccccc1)c1c(O)c(Cc2ccccc2O)c2c(c1O)Cc1ccccc1O2. The van der Waals surface area contributed by atoms with Crippen molar-refractivity contribution in [1.82, 2.24) is 0 Å². The van der Waals surface area contributed by atoms with E-state index in [4.69, 9.17) is 4.74 Å². The Hall–Kier alpha value is -4.25. The highest BCUT2D eigenvalue weighted by atomic mass is 16.5. The molecule has 5 rings (SSSR count). The van der Waals surface area contributed by atoms with Crippen molar-refractivity contribution in [2.75, 3.05) is 0 Å². The highest BCUT2D eigenvalue weighted by molar-refractivity contribution is 6.03. The van der Waals surface area contributed by atoms with Gasteiger partial charge < -0.3 is 20.1 Å². The fourth-order valence-corrected chi connectivity index (χ4v) is 4.45. The Morgan fingerprint density at radius 1 is 0.824 bits per heavy atom. The second-order valence-electron chi connectivity index (χ2n) is 8.46. The molecule has 0 atom stereocenters. The molecule has 0 radical (unpaired) electrons. The number of benzene rings is 4. The number of phenols is 3. The van der Waals surface area contributed by atoms with E-state index in [0.29, 0.717) is 41.0 Å². The molecule has 5 heteroatoms. The minimum atomic E-state index is -0.348. The van der Waals surface area contributed by atoms with Gasteiger partial charge in [-0.15, -0.1) is 0 Å². The summed E-state index contributed by atoms with van der Waals surface area (Å²) in [5.74, 6) is 0.140. The summed E-state index contributed by atoms with van der Waals surface area (Å²) in [5.41, 5.74) is 3.20. The number of ether oxygens (including phenoxy) is 1. The zero-order valence-corrected chi connectivity index (χ0v) is 18.5. The molecule has 4 aromatic carbocycles. The molecule has 0 fully saturated rings. The van der Waals surface area contributed by atoms with E-state index in [1.807, 2.05) is 54.6 Å². The van der Waals surface area contributed by atoms with Crippen molar-refractivity contribution < 1.29 is 24.9 Å². The fourth-order valence-electron chi connectivity index (χ4n) is 4.45. The first-order valence-electron chi connectivity index (χ1n) is 11.2. The molecule has 0 spiro atoms. The van der Waals surface area contributed by atoms with Crippen LogP contribution in [0.5, 0.6) is 28.7 Å². The van der Waals surface area contributed by atoms with Crippen molar-refractivity contribution in [2.45, 2.75) is 25.7 Å². The Morgan fingerprint density at radius 3 is 2.32 bits per heavy atom. The summed E-state index contributed by atoms with van der Waals surface area (Å²) in [5, 5.41) is 32.7. The molecule has 1 aliphatic heterocycles. The van der Waals surface area contributed by atoms with Gasteiger partial charge in [-0.05, 0) is 35.2 Å². The van der Waals surface area contributed by atoms with Crippen molar-refractivity contribution in [3.8, 4) is 28.7 Å². The molecule has 0 saturated carbocycles. The van der Waals surface area contributed by atoms with Crippen molar-refractivity contribution in [1.29, 1.82) is 0 Å². The third-order valence-electron chi connectivity index (χ3n) is 6.27. The summed E-state index contributed by atoms with van der Waals surface area (Å²) in [6.45, 7) is 0. The van der Waals surface area contributed by atoms with Crippen LogP contribution < -0.4 is 4.74 Å². The molecule has 170 valence electrons. The van der Waals surface area contributed by atoms with E-state index in [-0.39, 0.29) is 41.4 Å². The lowest BCUT2D eigenvalue weighted by atomic mass is 9.88. The molecule has 4 aromatic rings. The first-order chi connectivity index (χ1) is 16.5. The third kappa shape index (κ3) is 3.97. The van der Waals surface area contributed by atoms with Crippen LogP contribution in [0.4, 0.5) is 0 Å². The van der Waals surface area contributed by atoms with Crippen LogP contribution in [0.15, 0.2) is 78.9 Å². The number of hydrogen-bond donors (Lipinski definition) is 3. The molecule has 0 aromatic heterocycles. The normalized spacial score (nSPS) is 11.9. The van der Waals surface area contributed by atoms with Gasteiger partial charge in [-0.25, -0.2) is 0 Å². The Balaban J connectivity index is 1.59. The van der Waals surface area contributed by atoms with Gasteiger partial charge in [0.25, 0.3) is 0 Å². The van der Waals surface area contributed by atoms with Gasteiger partial charge in [-0.3, -0.25) is 4.79 Å². The predicted octanol–water partition coefficient (Wildman–Crippen LogP) is 5.91. The molecule has 0 amide bonds. The second kappa shape index (κ2) is 8.94. The monoisotopic (exact) mass is 452 g/mol. The number of ketones is 1. The molecule has 0 unspecified atom stereocenters. The molecule has 0 saturated heterocycles. The summed E-state index contributed by atoms with van der Waals surface area (Å²) < 4.78 is 6.13. The number of aryl methyl sites for hydroxylation is 1. The topological polar surface area (TPSA) is 87.0 Å². The number of hydrogen-bond acceptors (Lipinski definition) is 5. The number of aromatic hydroxyl groups is 3. The van der Waals surface area contributed by atoms with Gasteiger partial charge in [0.05, 0.1) is 0 Å². The lowest BCUT2D eigenvalue weighted by Crippen LogP contribution is -2.11. The number of phenolic OH excluding ortho intramolecular Hbond substituents is 3. The van der Waals surface area contributed by atoms with E-state index < -0.39 is 0 Å². The highest BCUT2D eigenvalue weighted by Crippen LogP contribution is 2.50. The van der Waals surface area contributed by atoms with E-state index in [0.717, 1.165) is 11.1 Å². The van der Waals surface area contributed by atoms with Gasteiger partial charge in [-0.1, -0.05) is 66.7 Å².